The summed E-state index contributed by atoms with van der Waals surface area (Å²) in [4.78, 5) is 27.6. The highest BCUT2D eigenvalue weighted by Gasteiger charge is 2.33. The number of anilines is 1. The van der Waals surface area contributed by atoms with E-state index in [2.05, 4.69) is 0 Å². The Labute approximate surface area is 143 Å². The van der Waals surface area contributed by atoms with E-state index < -0.39 is 9.84 Å². The van der Waals surface area contributed by atoms with E-state index in [0.717, 1.165) is 5.69 Å². The van der Waals surface area contributed by atoms with Crippen molar-refractivity contribution in [1.29, 1.82) is 0 Å². The first-order valence-electron chi connectivity index (χ1n) is 8.17. The maximum absolute atomic E-state index is 12.5. The van der Waals surface area contributed by atoms with Crippen molar-refractivity contribution in [2.75, 3.05) is 29.5 Å². The zero-order valence-corrected chi connectivity index (χ0v) is 15.0. The minimum atomic E-state index is -3.03. The Bertz CT molecular complexity index is 688. The molecule has 6 nitrogen and oxygen atoms in total. The second-order valence-corrected chi connectivity index (χ2v) is 8.22. The van der Waals surface area contributed by atoms with E-state index in [9.17, 15) is 18.0 Å². The second-order valence-electron chi connectivity index (χ2n) is 5.99. The Morgan fingerprint density at radius 1 is 1.21 bits per heavy atom. The fourth-order valence-corrected chi connectivity index (χ4v) is 4.82. The maximum atomic E-state index is 12.5. The molecule has 0 bridgehead atoms. The van der Waals surface area contributed by atoms with Crippen molar-refractivity contribution >= 4 is 27.3 Å². The molecule has 1 heterocycles. The summed E-state index contributed by atoms with van der Waals surface area (Å²) in [6.45, 7) is 4.08. The van der Waals surface area contributed by atoms with E-state index in [4.69, 9.17) is 0 Å². The van der Waals surface area contributed by atoms with Crippen LogP contribution < -0.4 is 4.90 Å². The molecule has 0 aromatic heterocycles. The minimum absolute atomic E-state index is 0.0433. The summed E-state index contributed by atoms with van der Waals surface area (Å²) in [7, 11) is -3.03. The standard InChI is InChI=1S/C17H24N2O4S/c1-3-18(16-10-12-24(22,23)13-16)17(21)9-11-19(14(2)20)15-7-5-4-6-8-15/h4-8,16H,3,9-13H2,1-2H3. The predicted octanol–water partition coefficient (Wildman–Crippen LogP) is 1.47. The molecule has 1 fully saturated rings. The van der Waals surface area contributed by atoms with Crippen LogP contribution in [0.3, 0.4) is 0 Å². The lowest BCUT2D eigenvalue weighted by Gasteiger charge is -2.28. The van der Waals surface area contributed by atoms with Crippen LogP contribution in [0.1, 0.15) is 26.7 Å². The second kappa shape index (κ2) is 7.79. The van der Waals surface area contributed by atoms with Gasteiger partial charge in [-0.25, -0.2) is 8.42 Å². The molecule has 0 saturated carbocycles. The molecule has 1 aliphatic rings. The molecule has 1 aromatic rings. The largest absolute Gasteiger partial charge is 0.339 e. The molecule has 24 heavy (non-hydrogen) atoms. The van der Waals surface area contributed by atoms with Crippen molar-refractivity contribution < 1.29 is 18.0 Å². The fraction of sp³-hybridized carbons (Fsp3) is 0.529. The van der Waals surface area contributed by atoms with Crippen LogP contribution in [0.2, 0.25) is 0 Å². The van der Waals surface area contributed by atoms with Crippen molar-refractivity contribution in [1.82, 2.24) is 4.90 Å². The Morgan fingerprint density at radius 3 is 2.38 bits per heavy atom. The molecule has 1 aliphatic heterocycles. The van der Waals surface area contributed by atoms with Gasteiger partial charge in [0.2, 0.25) is 11.8 Å². The summed E-state index contributed by atoms with van der Waals surface area (Å²) in [5.41, 5.74) is 0.754. The molecule has 0 radical (unpaired) electrons. The van der Waals surface area contributed by atoms with Crippen molar-refractivity contribution in [3.8, 4) is 0 Å². The Balaban J connectivity index is 2.01. The monoisotopic (exact) mass is 352 g/mol. The molecule has 1 saturated heterocycles. The lowest BCUT2D eigenvalue weighted by atomic mass is 10.2. The highest BCUT2D eigenvalue weighted by Crippen LogP contribution is 2.19. The summed E-state index contributed by atoms with van der Waals surface area (Å²) in [6, 6.07) is 8.96. The number of hydrogen-bond acceptors (Lipinski definition) is 4. The van der Waals surface area contributed by atoms with Crippen molar-refractivity contribution in [2.45, 2.75) is 32.7 Å². The molecule has 1 aromatic carbocycles. The smallest absolute Gasteiger partial charge is 0.224 e. The molecule has 1 unspecified atom stereocenters. The van der Waals surface area contributed by atoms with Gasteiger partial charge in [-0.1, -0.05) is 18.2 Å². The van der Waals surface area contributed by atoms with Gasteiger partial charge in [-0.3, -0.25) is 9.59 Å². The van der Waals surface area contributed by atoms with Crippen LogP contribution in [-0.4, -0.2) is 55.8 Å². The molecular weight excluding hydrogens is 328 g/mol. The van der Waals surface area contributed by atoms with Gasteiger partial charge in [-0.15, -0.1) is 0 Å². The summed E-state index contributed by atoms with van der Waals surface area (Å²) in [5, 5.41) is 0. The lowest BCUT2D eigenvalue weighted by Crippen LogP contribution is -2.42. The van der Waals surface area contributed by atoms with Gasteiger partial charge in [0.05, 0.1) is 11.5 Å². The molecule has 2 rings (SSSR count). The highest BCUT2D eigenvalue weighted by atomic mass is 32.2. The van der Waals surface area contributed by atoms with Crippen LogP contribution in [0.5, 0.6) is 0 Å². The summed E-state index contributed by atoms with van der Waals surface area (Å²) in [6.07, 6.45) is 0.676. The third-order valence-corrected chi connectivity index (χ3v) is 6.06. The van der Waals surface area contributed by atoms with Gasteiger partial charge in [0.1, 0.15) is 0 Å². The normalized spacial score (nSPS) is 19.0. The Hall–Kier alpha value is -1.89. The van der Waals surface area contributed by atoms with Crippen LogP contribution >= 0.6 is 0 Å². The number of sulfone groups is 1. The SMILES string of the molecule is CCN(C(=O)CCN(C(C)=O)c1ccccc1)C1CCS(=O)(=O)C1. The van der Waals surface area contributed by atoms with Gasteiger partial charge in [-0.2, -0.15) is 0 Å². The number of carbonyl (C=O) groups is 2. The van der Waals surface area contributed by atoms with Gasteiger partial charge in [0, 0.05) is 38.2 Å². The van der Waals surface area contributed by atoms with Crippen LogP contribution in [0.15, 0.2) is 30.3 Å². The number of hydrogen-bond donors (Lipinski definition) is 0. The van der Waals surface area contributed by atoms with Crippen LogP contribution in [0.25, 0.3) is 0 Å². The van der Waals surface area contributed by atoms with Crippen molar-refractivity contribution in [3.05, 3.63) is 30.3 Å². The summed E-state index contributed by atoms with van der Waals surface area (Å²) >= 11 is 0. The van der Waals surface area contributed by atoms with Crippen molar-refractivity contribution in [3.63, 3.8) is 0 Å². The molecule has 2 amide bonds. The van der Waals surface area contributed by atoms with Gasteiger partial charge >= 0.3 is 0 Å². The number of carbonyl (C=O) groups excluding carboxylic acids is 2. The van der Waals surface area contributed by atoms with E-state index in [-0.39, 0.29) is 42.3 Å². The first-order chi connectivity index (χ1) is 11.3. The maximum Gasteiger partial charge on any atom is 0.224 e. The van der Waals surface area contributed by atoms with E-state index in [1.165, 1.54) is 6.92 Å². The zero-order chi connectivity index (χ0) is 17.7. The number of amides is 2. The predicted molar refractivity (Wildman–Crippen MR) is 93.5 cm³/mol. The van der Waals surface area contributed by atoms with E-state index >= 15 is 0 Å². The Kier molecular flexibility index (Phi) is 5.99. The first-order valence-corrected chi connectivity index (χ1v) is 9.99. The number of nitrogens with zero attached hydrogens (tertiary/aromatic N) is 2. The molecule has 7 heteroatoms. The highest BCUT2D eigenvalue weighted by molar-refractivity contribution is 7.91. The van der Waals surface area contributed by atoms with Gasteiger partial charge in [-0.05, 0) is 25.5 Å². The summed E-state index contributed by atoms with van der Waals surface area (Å²) in [5.74, 6) is -0.0468. The molecule has 132 valence electrons. The lowest BCUT2D eigenvalue weighted by molar-refractivity contribution is -0.132. The molecular formula is C17H24N2O4S. The molecule has 0 spiro atoms. The van der Waals surface area contributed by atoms with E-state index in [1.54, 1.807) is 9.80 Å². The van der Waals surface area contributed by atoms with Crippen LogP contribution in [0, 0.1) is 0 Å². The fourth-order valence-electron chi connectivity index (χ4n) is 3.09. The van der Waals surface area contributed by atoms with Gasteiger partial charge in [0.25, 0.3) is 0 Å². The quantitative estimate of drug-likeness (QED) is 0.777. The molecule has 0 N–H and O–H groups in total. The third kappa shape index (κ3) is 4.56. The van der Waals surface area contributed by atoms with Gasteiger partial charge in [0.15, 0.2) is 9.84 Å². The third-order valence-electron chi connectivity index (χ3n) is 4.31. The number of para-hydroxylation sites is 1. The van der Waals surface area contributed by atoms with Crippen LogP contribution in [-0.2, 0) is 19.4 Å². The topological polar surface area (TPSA) is 74.8 Å². The Morgan fingerprint density at radius 2 is 1.88 bits per heavy atom. The van der Waals surface area contributed by atoms with Crippen LogP contribution in [0.4, 0.5) is 5.69 Å². The van der Waals surface area contributed by atoms with E-state index in [1.807, 2.05) is 37.3 Å². The van der Waals surface area contributed by atoms with Gasteiger partial charge < -0.3 is 9.80 Å². The zero-order valence-electron chi connectivity index (χ0n) is 14.1. The number of benzene rings is 1. The summed E-state index contributed by atoms with van der Waals surface area (Å²) < 4.78 is 23.3. The first kappa shape index (κ1) is 18.4. The molecule has 1 atom stereocenters. The van der Waals surface area contributed by atoms with E-state index in [0.29, 0.717) is 13.0 Å². The van der Waals surface area contributed by atoms with Crippen molar-refractivity contribution in [2.24, 2.45) is 0 Å². The minimum Gasteiger partial charge on any atom is -0.339 e. The average Bonchev–Trinajstić information content (AvgIpc) is 2.89. The molecule has 0 aliphatic carbocycles. The number of rotatable bonds is 6. The average molecular weight is 352 g/mol.